The lowest BCUT2D eigenvalue weighted by atomic mass is 10.1. The van der Waals surface area contributed by atoms with Gasteiger partial charge >= 0.3 is 5.69 Å². The number of aryl methyl sites for hydroxylation is 4. The normalized spacial score (nSPS) is 11.5. The van der Waals surface area contributed by atoms with Crippen LogP contribution in [-0.4, -0.2) is 38.0 Å². The second-order valence-corrected chi connectivity index (χ2v) is 8.58. The third-order valence-electron chi connectivity index (χ3n) is 6.57. The predicted octanol–water partition coefficient (Wildman–Crippen LogP) is 2.89. The van der Waals surface area contributed by atoms with Crippen LogP contribution in [0.2, 0.25) is 0 Å². The molecule has 0 spiro atoms. The van der Waals surface area contributed by atoms with Gasteiger partial charge in [0, 0.05) is 39.4 Å². The molecule has 172 valence electrons. The van der Waals surface area contributed by atoms with Crippen LogP contribution in [0.1, 0.15) is 5.69 Å². The maximum absolute atomic E-state index is 12.5. The number of imidazole rings is 3. The largest absolute Gasteiger partial charge is 0.331 e. The molecule has 0 saturated heterocycles. The van der Waals surface area contributed by atoms with Gasteiger partial charge in [0.2, 0.25) is 0 Å². The highest BCUT2D eigenvalue weighted by atomic mass is 16.1. The molecule has 0 atom stereocenters. The predicted molar refractivity (Wildman–Crippen MR) is 132 cm³/mol. The summed E-state index contributed by atoms with van der Waals surface area (Å²) in [6.45, 7) is 0. The Morgan fingerprint density at radius 2 is 1.69 bits per heavy atom. The first-order valence-electron chi connectivity index (χ1n) is 11.0. The molecule has 0 N–H and O–H groups in total. The average molecular weight is 464 g/mol. The van der Waals surface area contributed by atoms with E-state index in [-0.39, 0.29) is 5.69 Å². The van der Waals surface area contributed by atoms with Gasteiger partial charge in [-0.15, -0.1) is 0 Å². The molecule has 2 aromatic carbocycles. The molecule has 0 aliphatic rings. The second-order valence-electron chi connectivity index (χ2n) is 8.58. The molecular weight excluding hydrogens is 442 g/mol. The first-order chi connectivity index (χ1) is 16.9. The van der Waals surface area contributed by atoms with Crippen LogP contribution in [0.4, 0.5) is 0 Å². The van der Waals surface area contributed by atoms with E-state index in [1.54, 1.807) is 53.7 Å². The van der Waals surface area contributed by atoms with E-state index in [0.717, 1.165) is 50.4 Å². The lowest BCUT2D eigenvalue weighted by molar-refractivity contribution is 0.756. The van der Waals surface area contributed by atoms with Crippen molar-refractivity contribution in [3.05, 3.63) is 71.3 Å². The second kappa shape index (κ2) is 7.30. The fourth-order valence-corrected chi connectivity index (χ4v) is 4.67. The zero-order valence-corrected chi connectivity index (χ0v) is 19.6. The van der Waals surface area contributed by atoms with Crippen molar-refractivity contribution >= 4 is 22.1 Å². The van der Waals surface area contributed by atoms with Crippen LogP contribution in [0.5, 0.6) is 0 Å². The van der Waals surface area contributed by atoms with Gasteiger partial charge in [-0.05, 0) is 35.9 Å². The van der Waals surface area contributed by atoms with Gasteiger partial charge in [-0.2, -0.15) is 10.4 Å². The number of nitrogens with zero attached hydrogens (tertiary/aromatic N) is 9. The first kappa shape index (κ1) is 20.7. The van der Waals surface area contributed by atoms with E-state index in [1.165, 1.54) is 0 Å². The summed E-state index contributed by atoms with van der Waals surface area (Å²) in [5, 5.41) is 13.8. The molecule has 4 heterocycles. The SMILES string of the molecule is Cn1cncc1-c1nc2cc(-c3cnn(C)c3C#N)ccc2n1-c1ccc2c(c1)n(C)c(=O)n2C. The van der Waals surface area contributed by atoms with Gasteiger partial charge < -0.3 is 4.57 Å². The summed E-state index contributed by atoms with van der Waals surface area (Å²) in [5.41, 5.74) is 7.13. The number of hydrogen-bond donors (Lipinski definition) is 0. The molecule has 0 aliphatic carbocycles. The van der Waals surface area contributed by atoms with Crippen molar-refractivity contribution in [1.29, 1.82) is 5.26 Å². The summed E-state index contributed by atoms with van der Waals surface area (Å²) in [6.07, 6.45) is 5.22. The van der Waals surface area contributed by atoms with Crippen LogP contribution in [0, 0.1) is 11.3 Å². The molecule has 0 aliphatic heterocycles. The summed E-state index contributed by atoms with van der Waals surface area (Å²) in [7, 11) is 7.22. The van der Waals surface area contributed by atoms with Crippen molar-refractivity contribution in [2.45, 2.75) is 0 Å². The topological polar surface area (TPSA) is 104 Å². The molecule has 0 saturated carbocycles. The summed E-state index contributed by atoms with van der Waals surface area (Å²) in [5.74, 6) is 0.726. The van der Waals surface area contributed by atoms with Crippen molar-refractivity contribution < 1.29 is 0 Å². The fourth-order valence-electron chi connectivity index (χ4n) is 4.67. The Hall–Kier alpha value is -4.91. The molecule has 35 heavy (non-hydrogen) atoms. The number of fused-ring (bicyclic) bond motifs is 2. The van der Waals surface area contributed by atoms with Gasteiger partial charge in [0.25, 0.3) is 0 Å². The molecule has 10 nitrogen and oxygen atoms in total. The third-order valence-corrected chi connectivity index (χ3v) is 6.57. The molecule has 10 heteroatoms. The molecule has 0 fully saturated rings. The van der Waals surface area contributed by atoms with Crippen LogP contribution < -0.4 is 5.69 Å². The van der Waals surface area contributed by atoms with Gasteiger partial charge in [0.15, 0.2) is 5.82 Å². The molecule has 0 bridgehead atoms. The minimum Gasteiger partial charge on any atom is -0.331 e. The zero-order chi connectivity index (χ0) is 24.4. The lowest BCUT2D eigenvalue weighted by Gasteiger charge is -2.11. The number of benzene rings is 2. The molecule has 4 aromatic heterocycles. The fraction of sp³-hybridized carbons (Fsp3) is 0.160. The summed E-state index contributed by atoms with van der Waals surface area (Å²) in [6, 6.07) is 14.1. The van der Waals surface area contributed by atoms with Gasteiger partial charge in [-0.25, -0.2) is 14.8 Å². The quantitative estimate of drug-likeness (QED) is 0.401. The Morgan fingerprint density at radius 3 is 2.43 bits per heavy atom. The number of aromatic nitrogens is 8. The van der Waals surface area contributed by atoms with Crippen LogP contribution in [0.15, 0.2) is 59.9 Å². The van der Waals surface area contributed by atoms with Crippen molar-refractivity contribution in [3.8, 4) is 34.4 Å². The van der Waals surface area contributed by atoms with E-state index in [1.807, 2.05) is 48.0 Å². The van der Waals surface area contributed by atoms with Crippen LogP contribution in [0.3, 0.4) is 0 Å². The number of hydrogen-bond acceptors (Lipinski definition) is 5. The molecular formula is C25H21N9O. The summed E-state index contributed by atoms with van der Waals surface area (Å²) < 4.78 is 8.84. The molecule has 0 amide bonds. The highest BCUT2D eigenvalue weighted by Gasteiger charge is 2.20. The van der Waals surface area contributed by atoms with Gasteiger partial charge in [-0.1, -0.05) is 6.07 Å². The van der Waals surface area contributed by atoms with Gasteiger partial charge in [-0.3, -0.25) is 18.4 Å². The van der Waals surface area contributed by atoms with E-state index in [9.17, 15) is 10.1 Å². The van der Waals surface area contributed by atoms with E-state index in [4.69, 9.17) is 4.98 Å². The average Bonchev–Trinajstić information content (AvgIpc) is 3.60. The Bertz CT molecular complexity index is 1880. The van der Waals surface area contributed by atoms with E-state index in [2.05, 4.69) is 20.7 Å². The Balaban J connectivity index is 1.64. The van der Waals surface area contributed by atoms with Gasteiger partial charge in [0.1, 0.15) is 17.5 Å². The maximum Gasteiger partial charge on any atom is 0.328 e. The monoisotopic (exact) mass is 463 g/mol. The third kappa shape index (κ3) is 2.88. The molecule has 6 rings (SSSR count). The zero-order valence-electron chi connectivity index (χ0n) is 19.6. The molecule has 0 radical (unpaired) electrons. The van der Waals surface area contributed by atoms with E-state index >= 15 is 0 Å². The highest BCUT2D eigenvalue weighted by Crippen LogP contribution is 2.33. The maximum atomic E-state index is 12.5. The minimum atomic E-state index is -0.0751. The number of nitriles is 1. The van der Waals surface area contributed by atoms with Crippen molar-refractivity contribution in [3.63, 3.8) is 0 Å². The summed E-state index contributed by atoms with van der Waals surface area (Å²) in [4.78, 5) is 21.8. The van der Waals surface area contributed by atoms with Crippen LogP contribution in [-0.2, 0) is 28.2 Å². The first-order valence-corrected chi connectivity index (χ1v) is 11.0. The Labute approximate surface area is 199 Å². The summed E-state index contributed by atoms with van der Waals surface area (Å²) >= 11 is 0. The smallest absolute Gasteiger partial charge is 0.328 e. The van der Waals surface area contributed by atoms with E-state index in [0.29, 0.717) is 5.69 Å². The van der Waals surface area contributed by atoms with Crippen LogP contribution >= 0.6 is 0 Å². The Morgan fingerprint density at radius 1 is 0.914 bits per heavy atom. The van der Waals surface area contributed by atoms with Crippen molar-refractivity contribution in [2.24, 2.45) is 28.2 Å². The van der Waals surface area contributed by atoms with E-state index < -0.39 is 0 Å². The highest BCUT2D eigenvalue weighted by molar-refractivity contribution is 5.89. The lowest BCUT2D eigenvalue weighted by Crippen LogP contribution is -2.19. The van der Waals surface area contributed by atoms with Crippen LogP contribution in [0.25, 0.3) is 50.4 Å². The minimum absolute atomic E-state index is 0.0751. The van der Waals surface area contributed by atoms with Gasteiger partial charge in [0.05, 0.1) is 40.8 Å². The molecule has 0 unspecified atom stereocenters. The Kier molecular flexibility index (Phi) is 4.31. The van der Waals surface area contributed by atoms with Crippen molar-refractivity contribution in [1.82, 2.24) is 38.0 Å². The molecule has 6 aromatic rings. The standard InChI is InChI=1S/C25H21N9O/c1-30-14-27-13-23(30)24-29-18-9-15(17-12-28-33(4)22(17)11-26)5-7-19(18)34(24)16-6-8-20-21(10-16)32(3)25(35)31(20)2/h5-10,12-14H,1-4H3. The number of rotatable bonds is 3. The van der Waals surface area contributed by atoms with Crippen molar-refractivity contribution in [2.75, 3.05) is 0 Å².